The molecule has 0 heterocycles. The molecule has 0 aliphatic rings. The Bertz CT molecular complexity index is 627. The van der Waals surface area contributed by atoms with Crippen LogP contribution < -0.4 is 0 Å². The lowest BCUT2D eigenvalue weighted by Gasteiger charge is -2.19. The quantitative estimate of drug-likeness (QED) is 0.123. The summed E-state index contributed by atoms with van der Waals surface area (Å²) in [5.41, 5.74) is 1.05. The van der Waals surface area contributed by atoms with Crippen LogP contribution in [0.15, 0.2) is 24.3 Å². The number of carbonyl (C=O) groups excluding carboxylic acids is 1. The van der Waals surface area contributed by atoms with Gasteiger partial charge >= 0.3 is 5.97 Å². The van der Waals surface area contributed by atoms with Crippen LogP contribution in [0.25, 0.3) is 0 Å². The van der Waals surface area contributed by atoms with E-state index in [1.165, 1.54) is 89.9 Å². The average molecular weight is 489 g/mol. The molecular weight excluding hydrogens is 432 g/mol. The van der Waals surface area contributed by atoms with Crippen LogP contribution in [0.2, 0.25) is 0 Å². The Kier molecular flexibility index (Phi) is 19.6. The Morgan fingerprint density at radius 3 is 1.89 bits per heavy atom. The predicted octanol–water partition coefficient (Wildman–Crippen LogP) is 10.1. The lowest BCUT2D eigenvalue weighted by molar-refractivity contribution is -0.145. The van der Waals surface area contributed by atoms with E-state index in [1.54, 1.807) is 6.07 Å². The minimum atomic E-state index is -0.0945. The van der Waals surface area contributed by atoms with Crippen molar-refractivity contribution in [3.8, 4) is 5.75 Å². The van der Waals surface area contributed by atoms with E-state index >= 15 is 0 Å². The van der Waals surface area contributed by atoms with Gasteiger partial charge in [-0.2, -0.15) is 0 Å². The Morgan fingerprint density at radius 2 is 1.34 bits per heavy atom. The number of hydrogen-bond donors (Lipinski definition) is 1. The van der Waals surface area contributed by atoms with Crippen LogP contribution in [-0.2, 0) is 9.53 Å². The van der Waals surface area contributed by atoms with E-state index < -0.39 is 0 Å². The molecule has 0 saturated carbocycles. The highest BCUT2D eigenvalue weighted by molar-refractivity contribution is 5.70. The zero-order valence-electron chi connectivity index (χ0n) is 23.4. The third kappa shape index (κ3) is 16.7. The molecule has 1 N–H and O–H groups in total. The second-order valence-corrected chi connectivity index (χ2v) is 10.6. The van der Waals surface area contributed by atoms with Crippen LogP contribution in [-0.4, -0.2) is 17.7 Å². The van der Waals surface area contributed by atoms with Gasteiger partial charge in [0.2, 0.25) is 0 Å². The number of hydrogen-bond acceptors (Lipinski definition) is 3. The maximum absolute atomic E-state index is 12.7. The number of esters is 1. The topological polar surface area (TPSA) is 46.5 Å². The van der Waals surface area contributed by atoms with Gasteiger partial charge in [-0.05, 0) is 42.4 Å². The summed E-state index contributed by atoms with van der Waals surface area (Å²) >= 11 is 0. The summed E-state index contributed by atoms with van der Waals surface area (Å²) in [6.07, 6.45) is 23.4. The van der Waals surface area contributed by atoms with E-state index in [0.29, 0.717) is 18.9 Å². The molecule has 2 atom stereocenters. The van der Waals surface area contributed by atoms with Gasteiger partial charge in [0.15, 0.2) is 0 Å². The zero-order valence-corrected chi connectivity index (χ0v) is 23.4. The molecule has 0 spiro atoms. The molecule has 0 radical (unpaired) electrons. The molecule has 0 aromatic heterocycles. The standard InChI is InChI=1S/C32H56O3/c1-4-7-9-10-11-12-13-14-15-16-17-18-19-22-30(29-23-20-24-31(33)25-29)26-32(34)35-27-28(6-3)21-8-5-2/h20,23-25,28,30,33H,4-19,21-22,26-27H2,1-3H3. The van der Waals surface area contributed by atoms with E-state index in [-0.39, 0.29) is 17.6 Å². The van der Waals surface area contributed by atoms with Crippen LogP contribution in [0.1, 0.15) is 154 Å². The molecule has 0 fully saturated rings. The molecule has 3 nitrogen and oxygen atoms in total. The summed E-state index contributed by atoms with van der Waals surface area (Å²) in [7, 11) is 0. The van der Waals surface area contributed by atoms with Crippen molar-refractivity contribution in [1.82, 2.24) is 0 Å². The molecule has 0 saturated heterocycles. The first-order chi connectivity index (χ1) is 17.1. The highest BCUT2D eigenvalue weighted by Gasteiger charge is 2.18. The first kappa shape index (κ1) is 31.5. The van der Waals surface area contributed by atoms with Crippen molar-refractivity contribution in [3.63, 3.8) is 0 Å². The van der Waals surface area contributed by atoms with Gasteiger partial charge in [-0.1, -0.05) is 136 Å². The minimum absolute atomic E-state index is 0.0945. The molecule has 0 amide bonds. The normalized spacial score (nSPS) is 13.0. The fraction of sp³-hybridized carbons (Fsp3) is 0.781. The molecule has 0 bridgehead atoms. The Morgan fingerprint density at radius 1 is 0.771 bits per heavy atom. The van der Waals surface area contributed by atoms with Crippen molar-refractivity contribution in [2.45, 2.75) is 149 Å². The van der Waals surface area contributed by atoms with Gasteiger partial charge in [0.25, 0.3) is 0 Å². The van der Waals surface area contributed by atoms with Gasteiger partial charge in [-0.3, -0.25) is 4.79 Å². The number of unbranched alkanes of at least 4 members (excludes halogenated alkanes) is 13. The fourth-order valence-electron chi connectivity index (χ4n) is 4.94. The first-order valence-corrected chi connectivity index (χ1v) is 15.0. The third-order valence-corrected chi connectivity index (χ3v) is 7.43. The highest BCUT2D eigenvalue weighted by Crippen LogP contribution is 2.29. The summed E-state index contributed by atoms with van der Waals surface area (Å²) in [5, 5.41) is 9.95. The lowest BCUT2D eigenvalue weighted by atomic mass is 9.90. The fourth-order valence-corrected chi connectivity index (χ4v) is 4.94. The number of aromatic hydroxyl groups is 1. The van der Waals surface area contributed by atoms with E-state index in [0.717, 1.165) is 31.2 Å². The summed E-state index contributed by atoms with van der Waals surface area (Å²) in [5.74, 6) is 0.775. The van der Waals surface area contributed by atoms with Crippen molar-refractivity contribution in [3.05, 3.63) is 29.8 Å². The number of rotatable bonds is 23. The van der Waals surface area contributed by atoms with Crippen LogP contribution in [0.5, 0.6) is 5.75 Å². The predicted molar refractivity (Wildman–Crippen MR) is 150 cm³/mol. The summed E-state index contributed by atoms with van der Waals surface area (Å²) in [6.45, 7) is 7.20. The second-order valence-electron chi connectivity index (χ2n) is 10.6. The van der Waals surface area contributed by atoms with E-state index in [1.807, 2.05) is 18.2 Å². The monoisotopic (exact) mass is 488 g/mol. The maximum atomic E-state index is 12.7. The average Bonchev–Trinajstić information content (AvgIpc) is 2.86. The van der Waals surface area contributed by atoms with Crippen LogP contribution in [0.4, 0.5) is 0 Å². The molecule has 3 heteroatoms. The first-order valence-electron chi connectivity index (χ1n) is 15.0. The SMILES string of the molecule is CCCCCCCCCCCCCCCC(CC(=O)OCC(CC)CCCC)c1cccc(O)c1. The van der Waals surface area contributed by atoms with Crippen LogP contribution in [0.3, 0.4) is 0 Å². The molecule has 2 unspecified atom stereocenters. The second kappa shape index (κ2) is 21.7. The summed E-state index contributed by atoms with van der Waals surface area (Å²) in [6, 6.07) is 7.43. The van der Waals surface area contributed by atoms with Crippen molar-refractivity contribution < 1.29 is 14.6 Å². The van der Waals surface area contributed by atoms with Crippen molar-refractivity contribution >= 4 is 5.97 Å². The molecule has 202 valence electrons. The molecular formula is C32H56O3. The molecule has 1 aromatic carbocycles. The van der Waals surface area contributed by atoms with Crippen LogP contribution in [0, 0.1) is 5.92 Å². The van der Waals surface area contributed by atoms with Crippen molar-refractivity contribution in [1.29, 1.82) is 0 Å². The Balaban J connectivity index is 2.31. The summed E-state index contributed by atoms with van der Waals surface area (Å²) < 4.78 is 5.69. The zero-order chi connectivity index (χ0) is 25.6. The third-order valence-electron chi connectivity index (χ3n) is 7.43. The molecule has 0 aliphatic carbocycles. The number of phenols is 1. The van der Waals surface area contributed by atoms with Gasteiger partial charge in [0.05, 0.1) is 13.0 Å². The van der Waals surface area contributed by atoms with Gasteiger partial charge in [-0.15, -0.1) is 0 Å². The minimum Gasteiger partial charge on any atom is -0.508 e. The van der Waals surface area contributed by atoms with Crippen molar-refractivity contribution in [2.24, 2.45) is 5.92 Å². The largest absolute Gasteiger partial charge is 0.508 e. The molecule has 1 rings (SSSR count). The molecule has 1 aromatic rings. The van der Waals surface area contributed by atoms with E-state index in [9.17, 15) is 9.90 Å². The number of phenolic OH excluding ortho intramolecular Hbond substituents is 1. The number of ether oxygens (including phenoxy) is 1. The molecule has 0 aliphatic heterocycles. The van der Waals surface area contributed by atoms with E-state index in [4.69, 9.17) is 4.74 Å². The Labute approximate surface area is 217 Å². The van der Waals surface area contributed by atoms with E-state index in [2.05, 4.69) is 20.8 Å². The smallest absolute Gasteiger partial charge is 0.306 e. The highest BCUT2D eigenvalue weighted by atomic mass is 16.5. The number of carbonyl (C=O) groups is 1. The van der Waals surface area contributed by atoms with Crippen molar-refractivity contribution in [2.75, 3.05) is 6.61 Å². The van der Waals surface area contributed by atoms with Crippen LogP contribution >= 0.6 is 0 Å². The van der Waals surface area contributed by atoms with Gasteiger partial charge < -0.3 is 9.84 Å². The summed E-state index contributed by atoms with van der Waals surface area (Å²) in [4.78, 5) is 12.7. The molecule has 35 heavy (non-hydrogen) atoms. The maximum Gasteiger partial charge on any atom is 0.306 e. The van der Waals surface area contributed by atoms with Gasteiger partial charge in [0.1, 0.15) is 5.75 Å². The number of benzene rings is 1. The lowest BCUT2D eigenvalue weighted by Crippen LogP contribution is -2.16. The van der Waals surface area contributed by atoms with Gasteiger partial charge in [0, 0.05) is 0 Å². The Hall–Kier alpha value is -1.51. The van der Waals surface area contributed by atoms with Gasteiger partial charge in [-0.25, -0.2) is 0 Å².